The number of hydrogen-bond acceptors (Lipinski definition) is 10. The molecule has 2 aromatic rings. The van der Waals surface area contributed by atoms with Gasteiger partial charge in [0.2, 0.25) is 27.7 Å². The van der Waals surface area contributed by atoms with Crippen molar-refractivity contribution in [1.82, 2.24) is 25.2 Å². The molecule has 3 aliphatic rings. The van der Waals surface area contributed by atoms with E-state index >= 15 is 0 Å². The van der Waals surface area contributed by atoms with E-state index in [9.17, 15) is 27.6 Å². The fraction of sp³-hybridized carbons (Fsp3) is 0.583. The average Bonchev–Trinajstić information content (AvgIpc) is 3.96. The van der Waals surface area contributed by atoms with Crippen LogP contribution in [0.3, 0.4) is 0 Å². The fourth-order valence-corrected chi connectivity index (χ4v) is 8.06. The van der Waals surface area contributed by atoms with Crippen molar-refractivity contribution in [2.75, 3.05) is 13.7 Å². The fourth-order valence-electron chi connectivity index (χ4n) is 6.53. The highest BCUT2D eigenvalue weighted by Crippen LogP contribution is 2.46. The van der Waals surface area contributed by atoms with Gasteiger partial charge < -0.3 is 29.7 Å². The van der Waals surface area contributed by atoms with Crippen molar-refractivity contribution in [3.8, 4) is 11.6 Å². The van der Waals surface area contributed by atoms with Gasteiger partial charge in [-0.1, -0.05) is 45.4 Å². The Labute approximate surface area is 309 Å². The van der Waals surface area contributed by atoms with Crippen molar-refractivity contribution in [1.29, 1.82) is 0 Å². The van der Waals surface area contributed by atoms with Gasteiger partial charge in [-0.15, -0.1) is 6.58 Å². The van der Waals surface area contributed by atoms with Gasteiger partial charge in [-0.3, -0.25) is 19.1 Å². The van der Waals surface area contributed by atoms with Gasteiger partial charge in [0.15, 0.2) is 0 Å². The summed E-state index contributed by atoms with van der Waals surface area (Å²) in [5, 5.41) is 6.49. The van der Waals surface area contributed by atoms with Crippen molar-refractivity contribution < 1.29 is 41.8 Å². The van der Waals surface area contributed by atoms with Crippen LogP contribution in [0, 0.1) is 17.3 Å². The molecule has 5 rings (SSSR count). The first-order valence-electron chi connectivity index (χ1n) is 17.2. The third-order valence-electron chi connectivity index (χ3n) is 9.63. The van der Waals surface area contributed by atoms with E-state index < -0.39 is 85.7 Å². The van der Waals surface area contributed by atoms with E-state index in [1.807, 2.05) is 0 Å². The molecule has 0 bridgehead atoms. The molecule has 52 heavy (non-hydrogen) atoms. The zero-order valence-electron chi connectivity index (χ0n) is 30.7. The van der Waals surface area contributed by atoms with Crippen LogP contribution in [0.25, 0.3) is 10.8 Å². The number of halogens is 1. The first-order valence-corrected chi connectivity index (χ1v) is 19.1. The normalized spacial score (nSPS) is 25.1. The van der Waals surface area contributed by atoms with Crippen LogP contribution in [-0.2, 0) is 29.1 Å². The Bertz CT molecular complexity index is 1890. The molecule has 3 N–H and O–H groups in total. The number of carbonyl (C=O) groups excluding carboxylic acids is 4. The number of pyridine rings is 1. The van der Waals surface area contributed by atoms with Crippen LogP contribution in [0.1, 0.15) is 67.7 Å². The van der Waals surface area contributed by atoms with Crippen molar-refractivity contribution in [2.24, 2.45) is 17.3 Å². The van der Waals surface area contributed by atoms with Crippen LogP contribution in [0.4, 0.5) is 4.79 Å². The number of rotatable bonds is 11. The maximum absolute atomic E-state index is 14.6. The molecule has 0 radical (unpaired) electrons. The molecular weight excluding hydrogens is 714 g/mol. The van der Waals surface area contributed by atoms with Gasteiger partial charge in [0, 0.05) is 27.6 Å². The minimum absolute atomic E-state index is 0.101. The number of nitrogens with zero attached hydrogens (tertiary/aromatic N) is 2. The van der Waals surface area contributed by atoms with E-state index in [1.165, 1.54) is 24.3 Å². The second kappa shape index (κ2) is 14.0. The second-order valence-electron chi connectivity index (χ2n) is 15.9. The lowest BCUT2D eigenvalue weighted by Gasteiger charge is -2.36. The SMILES string of the molecule is C=C[C@@H]1C[C@]1(NC(=O)[C@@H]1[C@@H](C)[C@@H](Oc2ncc(OC)c3ccc(Cl)cc23)CN1C(=O)[C@@H](NC(=O)OC(C)(C)C)C(C)(C)C)C(=O)NS(=O)(=O)C1CC1. The van der Waals surface area contributed by atoms with Crippen LogP contribution in [-0.4, -0.2) is 90.3 Å². The van der Waals surface area contributed by atoms with Crippen molar-refractivity contribution in [3.05, 3.63) is 42.1 Å². The third kappa shape index (κ3) is 8.09. The molecule has 4 amide bonds. The number of benzene rings is 1. The number of fused-ring (bicyclic) bond motifs is 1. The molecule has 0 spiro atoms. The maximum atomic E-state index is 14.6. The smallest absolute Gasteiger partial charge is 0.408 e. The van der Waals surface area contributed by atoms with Gasteiger partial charge in [-0.2, -0.15) is 0 Å². The number of ether oxygens (including phenoxy) is 3. The number of likely N-dealkylation sites (tertiary alicyclic amines) is 1. The summed E-state index contributed by atoms with van der Waals surface area (Å²) < 4.78 is 45.0. The lowest BCUT2D eigenvalue weighted by atomic mass is 9.85. The number of nitrogens with one attached hydrogen (secondary N) is 3. The van der Waals surface area contributed by atoms with Crippen LogP contribution in [0.2, 0.25) is 5.02 Å². The topological polar surface area (TPSA) is 182 Å². The lowest BCUT2D eigenvalue weighted by molar-refractivity contribution is -0.143. The van der Waals surface area contributed by atoms with Crippen molar-refractivity contribution in [2.45, 2.75) is 102 Å². The maximum Gasteiger partial charge on any atom is 0.408 e. The predicted octanol–water partition coefficient (Wildman–Crippen LogP) is 4.10. The Hall–Kier alpha value is -4.11. The average molecular weight is 762 g/mol. The monoisotopic (exact) mass is 761 g/mol. The van der Waals surface area contributed by atoms with E-state index in [4.69, 9.17) is 25.8 Å². The number of amides is 4. The first-order chi connectivity index (χ1) is 24.1. The van der Waals surface area contributed by atoms with Crippen LogP contribution in [0.5, 0.6) is 11.6 Å². The van der Waals surface area contributed by atoms with E-state index in [1.54, 1.807) is 66.7 Å². The molecular formula is C36H48ClN5O9S. The summed E-state index contributed by atoms with van der Waals surface area (Å²) in [5.41, 5.74) is -3.27. The van der Waals surface area contributed by atoms with Crippen molar-refractivity contribution in [3.63, 3.8) is 0 Å². The highest BCUT2D eigenvalue weighted by molar-refractivity contribution is 7.91. The largest absolute Gasteiger partial charge is 0.494 e. The third-order valence-corrected chi connectivity index (χ3v) is 11.7. The molecule has 284 valence electrons. The summed E-state index contributed by atoms with van der Waals surface area (Å²) in [6.07, 6.45) is 2.38. The molecule has 1 aliphatic heterocycles. The van der Waals surface area contributed by atoms with Crippen LogP contribution in [0.15, 0.2) is 37.1 Å². The molecule has 2 saturated carbocycles. The number of sulfonamides is 1. The molecule has 1 aromatic carbocycles. The number of alkyl carbamates (subject to hydrolysis) is 1. The standard InChI is InChI=1S/C36H48ClN5O9S/c1-10-20-16-36(20,32(45)41-52(47,48)22-12-13-22)40-29(43)27-19(2)26(50-30-24-15-21(37)11-14-23(24)25(49-9)17-38-30)18-42(27)31(44)28(34(3,4)5)39-33(46)51-35(6,7)8/h10-11,14-15,17,19-20,22,26-28H,1,12-13,16,18H2,2-9H3,(H,39,46)(H,40,43)(H,41,45)/t19-,20+,26-,27-,28+,36+/m0/s1. The molecule has 1 aromatic heterocycles. The van der Waals surface area contributed by atoms with Gasteiger partial charge in [0.05, 0.1) is 25.1 Å². The van der Waals surface area contributed by atoms with Crippen LogP contribution >= 0.6 is 11.6 Å². The van der Waals surface area contributed by atoms with Gasteiger partial charge in [-0.05, 0) is 63.6 Å². The zero-order chi connectivity index (χ0) is 38.6. The highest BCUT2D eigenvalue weighted by Gasteiger charge is 2.62. The predicted molar refractivity (Wildman–Crippen MR) is 194 cm³/mol. The number of methoxy groups -OCH3 is 1. The highest BCUT2D eigenvalue weighted by atomic mass is 35.5. The Balaban J connectivity index is 1.50. The summed E-state index contributed by atoms with van der Waals surface area (Å²) in [4.78, 5) is 61.3. The zero-order valence-corrected chi connectivity index (χ0v) is 32.3. The number of hydrogen-bond donors (Lipinski definition) is 3. The van der Waals surface area contributed by atoms with Gasteiger partial charge in [-0.25, -0.2) is 18.2 Å². The second-order valence-corrected chi connectivity index (χ2v) is 18.3. The Morgan fingerprint density at radius 3 is 2.35 bits per heavy atom. The quantitative estimate of drug-likeness (QED) is 0.282. The summed E-state index contributed by atoms with van der Waals surface area (Å²) in [6, 6.07) is 2.78. The summed E-state index contributed by atoms with van der Waals surface area (Å²) in [5.74, 6) is -2.71. The summed E-state index contributed by atoms with van der Waals surface area (Å²) in [7, 11) is -2.41. The molecule has 14 nitrogen and oxygen atoms in total. The summed E-state index contributed by atoms with van der Waals surface area (Å²) >= 11 is 6.35. The molecule has 3 fully saturated rings. The van der Waals surface area contributed by atoms with E-state index in [-0.39, 0.29) is 18.8 Å². The van der Waals surface area contributed by atoms with Crippen LogP contribution < -0.4 is 24.8 Å². The van der Waals surface area contributed by atoms with E-state index in [0.717, 1.165) is 0 Å². The molecule has 0 unspecified atom stereocenters. The summed E-state index contributed by atoms with van der Waals surface area (Å²) in [6.45, 7) is 15.8. The first kappa shape index (κ1) is 39.1. The Morgan fingerprint density at radius 1 is 1.12 bits per heavy atom. The van der Waals surface area contributed by atoms with E-state index in [2.05, 4.69) is 26.9 Å². The molecule has 1 saturated heterocycles. The molecule has 6 atom stereocenters. The Kier molecular flexibility index (Phi) is 10.6. The van der Waals surface area contributed by atoms with Gasteiger partial charge in [0.1, 0.15) is 35.1 Å². The number of carbonyl (C=O) groups is 4. The molecule has 2 heterocycles. The number of aromatic nitrogens is 1. The molecule has 16 heteroatoms. The van der Waals surface area contributed by atoms with Gasteiger partial charge >= 0.3 is 6.09 Å². The minimum Gasteiger partial charge on any atom is -0.494 e. The van der Waals surface area contributed by atoms with Gasteiger partial charge in [0.25, 0.3) is 5.91 Å². The van der Waals surface area contributed by atoms with Crippen molar-refractivity contribution >= 4 is 56.2 Å². The molecule has 2 aliphatic carbocycles. The minimum atomic E-state index is -3.92. The van der Waals surface area contributed by atoms with E-state index in [0.29, 0.717) is 34.4 Å². The lowest BCUT2D eigenvalue weighted by Crippen LogP contribution is -2.61. The Morgan fingerprint density at radius 2 is 1.79 bits per heavy atom.